The van der Waals surface area contributed by atoms with Crippen LogP contribution in [0.3, 0.4) is 0 Å². The van der Waals surface area contributed by atoms with Gasteiger partial charge >= 0.3 is 0 Å². The van der Waals surface area contributed by atoms with Crippen molar-refractivity contribution >= 4 is 12.1 Å². The zero-order valence-corrected chi connectivity index (χ0v) is 11.5. The van der Waals surface area contributed by atoms with E-state index in [4.69, 9.17) is 0 Å². The molecule has 16 heavy (non-hydrogen) atoms. The Kier molecular flexibility index (Phi) is 5.91. The van der Waals surface area contributed by atoms with Gasteiger partial charge in [-0.05, 0) is 23.7 Å². The fourth-order valence-corrected chi connectivity index (χ4v) is 1.60. The smallest absolute Gasteiger partial charge is 0.143 e. The minimum Gasteiger partial charge on any atom is -0.303 e. The molecule has 0 aliphatic rings. The first kappa shape index (κ1) is 15.3. The van der Waals surface area contributed by atoms with Crippen molar-refractivity contribution in [1.82, 2.24) is 0 Å². The van der Waals surface area contributed by atoms with Crippen LogP contribution >= 0.6 is 0 Å². The molecule has 2 atom stereocenters. The maximum atomic E-state index is 12.1. The standard InChI is InChI=1S/C14H26O2/c1-7-14(5,6)12(9-15)13(16)8-11(4)10(2)3/h9-12H,7-8H2,1-6H3. The summed E-state index contributed by atoms with van der Waals surface area (Å²) >= 11 is 0. The van der Waals surface area contributed by atoms with Crippen LogP contribution in [-0.2, 0) is 9.59 Å². The minimum atomic E-state index is -0.446. The van der Waals surface area contributed by atoms with E-state index >= 15 is 0 Å². The third kappa shape index (κ3) is 4.07. The first-order valence-electron chi connectivity index (χ1n) is 6.24. The van der Waals surface area contributed by atoms with Gasteiger partial charge in [-0.2, -0.15) is 0 Å². The number of hydrogen-bond donors (Lipinski definition) is 0. The van der Waals surface area contributed by atoms with E-state index in [0.29, 0.717) is 18.3 Å². The van der Waals surface area contributed by atoms with Crippen LogP contribution in [-0.4, -0.2) is 12.1 Å². The third-order valence-corrected chi connectivity index (χ3v) is 3.90. The maximum absolute atomic E-state index is 12.1. The van der Waals surface area contributed by atoms with Crippen LogP contribution in [0.4, 0.5) is 0 Å². The molecule has 0 aromatic carbocycles. The summed E-state index contributed by atoms with van der Waals surface area (Å²) in [7, 11) is 0. The molecule has 0 radical (unpaired) electrons. The van der Waals surface area contributed by atoms with Gasteiger partial charge < -0.3 is 4.79 Å². The molecule has 0 aromatic rings. The molecule has 0 amide bonds. The maximum Gasteiger partial charge on any atom is 0.143 e. The van der Waals surface area contributed by atoms with E-state index in [1.165, 1.54) is 0 Å². The van der Waals surface area contributed by atoms with E-state index in [-0.39, 0.29) is 11.2 Å². The van der Waals surface area contributed by atoms with Crippen LogP contribution in [0.25, 0.3) is 0 Å². The number of carbonyl (C=O) groups excluding carboxylic acids is 2. The largest absolute Gasteiger partial charge is 0.303 e. The first-order chi connectivity index (χ1) is 7.26. The van der Waals surface area contributed by atoms with Crippen molar-refractivity contribution in [3.8, 4) is 0 Å². The highest BCUT2D eigenvalue weighted by Gasteiger charge is 2.33. The van der Waals surface area contributed by atoms with E-state index < -0.39 is 5.92 Å². The second-order valence-electron chi connectivity index (χ2n) is 5.85. The molecule has 2 heteroatoms. The lowest BCUT2D eigenvalue weighted by atomic mass is 9.73. The number of hydrogen-bond acceptors (Lipinski definition) is 2. The highest BCUT2D eigenvalue weighted by Crippen LogP contribution is 2.31. The molecule has 94 valence electrons. The summed E-state index contributed by atoms with van der Waals surface area (Å²) in [6.45, 7) is 12.3. The monoisotopic (exact) mass is 226 g/mol. The summed E-state index contributed by atoms with van der Waals surface area (Å²) in [6, 6.07) is 0. The van der Waals surface area contributed by atoms with Gasteiger partial charge in [-0.25, -0.2) is 0 Å². The Hall–Kier alpha value is -0.660. The molecular weight excluding hydrogens is 200 g/mol. The molecule has 2 nitrogen and oxygen atoms in total. The van der Waals surface area contributed by atoms with Crippen LogP contribution in [0.5, 0.6) is 0 Å². The number of Topliss-reactive ketones (excluding diaryl/α,β-unsaturated/α-hetero) is 1. The van der Waals surface area contributed by atoms with Gasteiger partial charge in [-0.1, -0.05) is 41.5 Å². The lowest BCUT2D eigenvalue weighted by Crippen LogP contribution is -2.33. The molecule has 0 heterocycles. The summed E-state index contributed by atoms with van der Waals surface area (Å²) in [6.07, 6.45) is 2.20. The fraction of sp³-hybridized carbons (Fsp3) is 0.857. The minimum absolute atomic E-state index is 0.100. The average Bonchev–Trinajstić information content (AvgIpc) is 2.18. The van der Waals surface area contributed by atoms with Crippen LogP contribution in [0, 0.1) is 23.2 Å². The highest BCUT2D eigenvalue weighted by molar-refractivity contribution is 5.94. The van der Waals surface area contributed by atoms with E-state index in [2.05, 4.69) is 20.8 Å². The molecule has 0 aliphatic carbocycles. The molecule has 0 fully saturated rings. The molecule has 0 spiro atoms. The quantitative estimate of drug-likeness (QED) is 0.492. The zero-order chi connectivity index (χ0) is 12.9. The van der Waals surface area contributed by atoms with Crippen molar-refractivity contribution in [1.29, 1.82) is 0 Å². The van der Waals surface area contributed by atoms with Gasteiger partial charge in [-0.15, -0.1) is 0 Å². The normalized spacial score (nSPS) is 15.9. The summed E-state index contributed by atoms with van der Waals surface area (Å²) in [4.78, 5) is 23.1. The van der Waals surface area contributed by atoms with Gasteiger partial charge in [0.2, 0.25) is 0 Å². The number of carbonyl (C=O) groups is 2. The van der Waals surface area contributed by atoms with Crippen molar-refractivity contribution in [2.45, 2.75) is 54.4 Å². The molecule has 0 saturated heterocycles. The van der Waals surface area contributed by atoms with Crippen molar-refractivity contribution in [2.75, 3.05) is 0 Å². The van der Waals surface area contributed by atoms with Gasteiger partial charge in [0, 0.05) is 6.42 Å². The molecule has 0 rings (SSSR count). The lowest BCUT2D eigenvalue weighted by Gasteiger charge is -2.29. The third-order valence-electron chi connectivity index (χ3n) is 3.90. The molecule has 0 aliphatic heterocycles. The van der Waals surface area contributed by atoms with Gasteiger partial charge in [0.15, 0.2) is 0 Å². The topological polar surface area (TPSA) is 34.1 Å². The van der Waals surface area contributed by atoms with Crippen LogP contribution in [0.15, 0.2) is 0 Å². The lowest BCUT2D eigenvalue weighted by molar-refractivity contribution is -0.132. The van der Waals surface area contributed by atoms with Crippen LogP contribution in [0.2, 0.25) is 0 Å². The van der Waals surface area contributed by atoms with Crippen LogP contribution < -0.4 is 0 Å². The number of rotatable bonds is 7. The molecule has 0 bridgehead atoms. The summed E-state index contributed by atoms with van der Waals surface area (Å²) < 4.78 is 0. The SMILES string of the molecule is CCC(C)(C)C(C=O)C(=O)CC(C)C(C)C. The zero-order valence-electron chi connectivity index (χ0n) is 11.5. The van der Waals surface area contributed by atoms with E-state index in [1.807, 2.05) is 20.8 Å². The fourth-order valence-electron chi connectivity index (χ4n) is 1.60. The Morgan fingerprint density at radius 2 is 1.75 bits per heavy atom. The van der Waals surface area contributed by atoms with Crippen molar-refractivity contribution in [2.24, 2.45) is 23.2 Å². The Morgan fingerprint density at radius 1 is 1.25 bits per heavy atom. The Balaban J connectivity index is 4.62. The molecule has 0 saturated carbocycles. The Bertz CT molecular complexity index is 241. The molecular formula is C14H26O2. The van der Waals surface area contributed by atoms with Crippen molar-refractivity contribution < 1.29 is 9.59 Å². The number of aldehydes is 1. The molecule has 0 aromatic heterocycles. The second-order valence-corrected chi connectivity index (χ2v) is 5.85. The van der Waals surface area contributed by atoms with E-state index in [1.54, 1.807) is 0 Å². The summed E-state index contributed by atoms with van der Waals surface area (Å²) in [5, 5.41) is 0. The Morgan fingerprint density at radius 3 is 2.06 bits per heavy atom. The summed E-state index contributed by atoms with van der Waals surface area (Å²) in [5.41, 5.74) is -0.213. The van der Waals surface area contributed by atoms with E-state index in [9.17, 15) is 9.59 Å². The first-order valence-corrected chi connectivity index (χ1v) is 6.24. The van der Waals surface area contributed by atoms with Crippen LogP contribution in [0.1, 0.15) is 54.4 Å². The predicted molar refractivity (Wildman–Crippen MR) is 67.3 cm³/mol. The average molecular weight is 226 g/mol. The van der Waals surface area contributed by atoms with Gasteiger partial charge in [0.05, 0.1) is 5.92 Å². The highest BCUT2D eigenvalue weighted by atomic mass is 16.1. The predicted octanol–water partition coefficient (Wildman–Crippen LogP) is 3.49. The summed E-state index contributed by atoms with van der Waals surface area (Å²) in [5.74, 6) is 0.491. The van der Waals surface area contributed by atoms with E-state index in [0.717, 1.165) is 12.7 Å². The second kappa shape index (κ2) is 6.17. The molecule has 2 unspecified atom stereocenters. The van der Waals surface area contributed by atoms with Crippen molar-refractivity contribution in [3.63, 3.8) is 0 Å². The van der Waals surface area contributed by atoms with Crippen molar-refractivity contribution in [3.05, 3.63) is 0 Å². The van der Waals surface area contributed by atoms with Gasteiger partial charge in [-0.3, -0.25) is 4.79 Å². The molecule has 0 N–H and O–H groups in total. The van der Waals surface area contributed by atoms with Gasteiger partial charge in [0.1, 0.15) is 12.1 Å². The Labute approximate surface area is 99.8 Å². The van der Waals surface area contributed by atoms with Gasteiger partial charge in [0.25, 0.3) is 0 Å². The number of ketones is 1.